The van der Waals surface area contributed by atoms with Crippen molar-refractivity contribution >= 4 is 32.9 Å². The molecule has 2 aromatic rings. The summed E-state index contributed by atoms with van der Waals surface area (Å²) in [6, 6.07) is 7.29. The van der Waals surface area contributed by atoms with E-state index in [4.69, 9.17) is 0 Å². The number of hydrogen-bond donors (Lipinski definition) is 1. The van der Waals surface area contributed by atoms with E-state index < -0.39 is 10.0 Å². The number of sulfonamides is 1. The number of anilines is 1. The molecule has 140 valence electrons. The number of hydrogen-bond acceptors (Lipinski definition) is 7. The first-order chi connectivity index (χ1) is 12.4. The first-order valence-corrected chi connectivity index (χ1v) is 10.6. The monoisotopic (exact) mass is 393 g/mol. The van der Waals surface area contributed by atoms with Gasteiger partial charge in [-0.05, 0) is 45.2 Å². The molecule has 0 aromatic carbocycles. The van der Waals surface area contributed by atoms with E-state index in [2.05, 4.69) is 33.4 Å². The lowest BCUT2D eigenvalue weighted by Gasteiger charge is -2.31. The van der Waals surface area contributed by atoms with Gasteiger partial charge < -0.3 is 4.90 Å². The summed E-state index contributed by atoms with van der Waals surface area (Å²) in [5.41, 5.74) is 3.74. The van der Waals surface area contributed by atoms with Gasteiger partial charge in [0.05, 0.1) is 10.6 Å². The molecule has 3 rings (SSSR count). The van der Waals surface area contributed by atoms with Crippen molar-refractivity contribution in [3.63, 3.8) is 0 Å². The SMILES string of the molecule is C/C(=N/Nc1ccc(S(=O)(=O)N2CCN(C)CC2)cn1)c1ccc(C)s1. The minimum Gasteiger partial charge on any atom is -0.304 e. The zero-order valence-electron chi connectivity index (χ0n) is 15.1. The van der Waals surface area contributed by atoms with Gasteiger partial charge in [0.2, 0.25) is 10.0 Å². The molecule has 0 saturated carbocycles. The Morgan fingerprint density at radius 3 is 2.50 bits per heavy atom. The summed E-state index contributed by atoms with van der Waals surface area (Å²) in [6.07, 6.45) is 1.39. The quantitative estimate of drug-likeness (QED) is 0.623. The lowest BCUT2D eigenvalue weighted by molar-refractivity contribution is 0.222. The summed E-state index contributed by atoms with van der Waals surface area (Å²) in [6.45, 7) is 6.45. The van der Waals surface area contributed by atoms with E-state index in [1.807, 2.05) is 20.0 Å². The van der Waals surface area contributed by atoms with E-state index in [1.54, 1.807) is 23.5 Å². The average Bonchev–Trinajstić information content (AvgIpc) is 3.07. The van der Waals surface area contributed by atoms with Crippen LogP contribution in [0.25, 0.3) is 0 Å². The van der Waals surface area contributed by atoms with Crippen LogP contribution in [0.1, 0.15) is 16.7 Å². The normalized spacial score (nSPS) is 17.4. The molecule has 0 atom stereocenters. The number of aromatic nitrogens is 1. The molecule has 7 nitrogen and oxygen atoms in total. The average molecular weight is 394 g/mol. The van der Waals surface area contributed by atoms with Crippen LogP contribution in [-0.4, -0.2) is 61.5 Å². The molecule has 1 saturated heterocycles. The zero-order valence-corrected chi connectivity index (χ0v) is 16.8. The molecule has 2 aromatic heterocycles. The van der Waals surface area contributed by atoms with E-state index in [9.17, 15) is 8.42 Å². The Kier molecular flexibility index (Phi) is 5.71. The molecule has 0 spiro atoms. The fourth-order valence-corrected chi connectivity index (χ4v) is 4.78. The summed E-state index contributed by atoms with van der Waals surface area (Å²) < 4.78 is 26.9. The Balaban J connectivity index is 1.68. The van der Waals surface area contributed by atoms with Gasteiger partial charge in [-0.15, -0.1) is 11.3 Å². The molecule has 9 heteroatoms. The number of thiophene rings is 1. The molecule has 0 radical (unpaired) electrons. The van der Waals surface area contributed by atoms with Crippen LogP contribution in [0, 0.1) is 6.92 Å². The summed E-state index contributed by atoms with van der Waals surface area (Å²) in [4.78, 5) is 8.84. The maximum atomic E-state index is 12.7. The highest BCUT2D eigenvalue weighted by molar-refractivity contribution is 7.89. The Bertz CT molecular complexity index is 882. The molecule has 26 heavy (non-hydrogen) atoms. The summed E-state index contributed by atoms with van der Waals surface area (Å²) in [5.74, 6) is 0.509. The van der Waals surface area contributed by atoms with Crippen LogP contribution in [-0.2, 0) is 10.0 Å². The van der Waals surface area contributed by atoms with E-state index in [0.29, 0.717) is 18.9 Å². The lowest BCUT2D eigenvalue weighted by atomic mass is 10.3. The molecule has 1 aliphatic rings. The van der Waals surface area contributed by atoms with Crippen molar-refractivity contribution in [3.05, 3.63) is 40.2 Å². The first kappa shape index (κ1) is 19.0. The van der Waals surface area contributed by atoms with Gasteiger partial charge in [-0.25, -0.2) is 13.4 Å². The molecular weight excluding hydrogens is 370 g/mol. The van der Waals surface area contributed by atoms with Crippen LogP contribution in [0.15, 0.2) is 40.5 Å². The van der Waals surface area contributed by atoms with Crippen molar-refractivity contribution in [2.45, 2.75) is 18.7 Å². The first-order valence-electron chi connectivity index (χ1n) is 8.38. The van der Waals surface area contributed by atoms with E-state index in [-0.39, 0.29) is 4.90 Å². The molecule has 0 unspecified atom stereocenters. The molecule has 0 bridgehead atoms. The largest absolute Gasteiger partial charge is 0.304 e. The third-order valence-corrected chi connectivity index (χ3v) is 7.26. The van der Waals surface area contributed by atoms with Gasteiger partial charge in [-0.2, -0.15) is 9.41 Å². The lowest BCUT2D eigenvalue weighted by Crippen LogP contribution is -2.47. The highest BCUT2D eigenvalue weighted by Gasteiger charge is 2.27. The number of aryl methyl sites for hydroxylation is 1. The van der Waals surface area contributed by atoms with Gasteiger partial charge in [0.25, 0.3) is 0 Å². The van der Waals surface area contributed by atoms with Crippen molar-refractivity contribution in [2.75, 3.05) is 38.7 Å². The van der Waals surface area contributed by atoms with Gasteiger partial charge in [0.1, 0.15) is 10.7 Å². The van der Waals surface area contributed by atoms with Crippen molar-refractivity contribution in [1.29, 1.82) is 0 Å². The summed E-state index contributed by atoms with van der Waals surface area (Å²) >= 11 is 1.67. The predicted octanol–water partition coefficient (Wildman–Crippen LogP) is 2.22. The maximum Gasteiger partial charge on any atom is 0.244 e. The number of rotatable bonds is 5. The number of likely N-dealkylation sites (N-methyl/N-ethyl adjacent to an activating group) is 1. The highest BCUT2D eigenvalue weighted by atomic mass is 32.2. The molecule has 1 N–H and O–H groups in total. The van der Waals surface area contributed by atoms with E-state index in [0.717, 1.165) is 23.7 Å². The zero-order chi connectivity index (χ0) is 18.7. The van der Waals surface area contributed by atoms with E-state index >= 15 is 0 Å². The van der Waals surface area contributed by atoms with Gasteiger partial charge in [-0.3, -0.25) is 5.43 Å². The summed E-state index contributed by atoms with van der Waals surface area (Å²) in [7, 11) is -1.50. The standard InChI is InChI=1S/C17H23N5O2S2/c1-13-4-6-16(25-13)14(2)19-20-17-7-5-15(12-18-17)26(23,24)22-10-8-21(3)9-11-22/h4-7,12H,8-11H2,1-3H3,(H,18,20)/b19-14-. The van der Waals surface area contributed by atoms with Crippen molar-refractivity contribution in [3.8, 4) is 0 Å². The van der Waals surface area contributed by atoms with Crippen LogP contribution in [0.3, 0.4) is 0 Å². The number of nitrogens with one attached hydrogen (secondary N) is 1. The molecule has 1 aliphatic heterocycles. The third-order valence-electron chi connectivity index (χ3n) is 4.27. The Labute approximate surface area is 158 Å². The van der Waals surface area contributed by atoms with Crippen LogP contribution in [0.4, 0.5) is 5.82 Å². The molecular formula is C17H23N5O2S2. The Morgan fingerprint density at radius 2 is 1.92 bits per heavy atom. The Morgan fingerprint density at radius 1 is 1.19 bits per heavy atom. The van der Waals surface area contributed by atoms with Crippen LogP contribution < -0.4 is 5.43 Å². The number of nitrogens with zero attached hydrogens (tertiary/aromatic N) is 4. The molecule has 0 amide bonds. The fraction of sp³-hybridized carbons (Fsp3) is 0.412. The Hall–Kier alpha value is -1.81. The van der Waals surface area contributed by atoms with Gasteiger partial charge in [-0.1, -0.05) is 0 Å². The van der Waals surface area contributed by atoms with Crippen LogP contribution >= 0.6 is 11.3 Å². The smallest absolute Gasteiger partial charge is 0.244 e. The minimum absolute atomic E-state index is 0.210. The predicted molar refractivity (Wildman–Crippen MR) is 105 cm³/mol. The fourth-order valence-electron chi connectivity index (χ4n) is 2.60. The highest BCUT2D eigenvalue weighted by Crippen LogP contribution is 2.19. The van der Waals surface area contributed by atoms with Crippen molar-refractivity contribution in [1.82, 2.24) is 14.2 Å². The van der Waals surface area contributed by atoms with Gasteiger partial charge in [0.15, 0.2) is 0 Å². The topological polar surface area (TPSA) is 77.9 Å². The maximum absolute atomic E-state index is 12.7. The molecule has 1 fully saturated rings. The second-order valence-corrected chi connectivity index (χ2v) is 9.53. The number of hydrazone groups is 1. The van der Waals surface area contributed by atoms with Gasteiger partial charge in [0, 0.05) is 37.3 Å². The summed E-state index contributed by atoms with van der Waals surface area (Å²) in [5, 5.41) is 4.32. The van der Waals surface area contributed by atoms with E-state index in [1.165, 1.54) is 15.4 Å². The van der Waals surface area contributed by atoms with Crippen molar-refractivity contribution in [2.24, 2.45) is 5.10 Å². The number of piperazine rings is 1. The van der Waals surface area contributed by atoms with Crippen molar-refractivity contribution < 1.29 is 8.42 Å². The van der Waals surface area contributed by atoms with Gasteiger partial charge >= 0.3 is 0 Å². The molecule has 3 heterocycles. The van der Waals surface area contributed by atoms with Crippen LogP contribution in [0.2, 0.25) is 0 Å². The third kappa shape index (κ3) is 4.29. The second kappa shape index (κ2) is 7.83. The number of pyridine rings is 1. The van der Waals surface area contributed by atoms with Crippen LogP contribution in [0.5, 0.6) is 0 Å². The molecule has 0 aliphatic carbocycles. The minimum atomic E-state index is -3.49. The second-order valence-electron chi connectivity index (χ2n) is 6.31.